The highest BCUT2D eigenvalue weighted by molar-refractivity contribution is 7.89. The van der Waals surface area contributed by atoms with Crippen molar-refractivity contribution in [2.75, 3.05) is 19.7 Å². The van der Waals surface area contributed by atoms with Gasteiger partial charge in [-0.05, 0) is 43.0 Å². The first-order chi connectivity index (χ1) is 13.0. The summed E-state index contributed by atoms with van der Waals surface area (Å²) in [5.41, 5.74) is 1.38. The zero-order valence-corrected chi connectivity index (χ0v) is 15.9. The quantitative estimate of drug-likeness (QED) is 0.725. The van der Waals surface area contributed by atoms with Crippen LogP contribution in [0.3, 0.4) is 0 Å². The third kappa shape index (κ3) is 5.63. The lowest BCUT2D eigenvalue weighted by molar-refractivity contribution is 0.0857. The number of carbonyl (C=O) groups excluding carboxylic acids is 1. The van der Waals surface area contributed by atoms with Crippen LogP contribution in [0.5, 0.6) is 0 Å². The monoisotopic (exact) mass is 388 g/mol. The van der Waals surface area contributed by atoms with Gasteiger partial charge in [-0.1, -0.05) is 36.4 Å². The molecule has 0 radical (unpaired) electrons. The summed E-state index contributed by atoms with van der Waals surface area (Å²) in [5, 5.41) is 2.81. The SMILES string of the molecule is O=C(NCC1CCCO1)c1cccc(S(=O)(=O)NCCc2ccccc2)c1. The molecule has 1 saturated heterocycles. The van der Waals surface area contributed by atoms with Crippen LogP contribution in [0.1, 0.15) is 28.8 Å². The molecule has 1 heterocycles. The molecular weight excluding hydrogens is 364 g/mol. The number of sulfonamides is 1. The average Bonchev–Trinajstić information content (AvgIpc) is 3.20. The molecule has 1 unspecified atom stereocenters. The molecule has 0 aromatic heterocycles. The van der Waals surface area contributed by atoms with Gasteiger partial charge in [0.15, 0.2) is 0 Å². The largest absolute Gasteiger partial charge is 0.376 e. The minimum absolute atomic E-state index is 0.0421. The molecule has 0 saturated carbocycles. The zero-order valence-electron chi connectivity index (χ0n) is 15.1. The number of hydrogen-bond acceptors (Lipinski definition) is 4. The summed E-state index contributed by atoms with van der Waals surface area (Å²) in [6, 6.07) is 15.7. The molecule has 2 N–H and O–H groups in total. The van der Waals surface area contributed by atoms with E-state index in [2.05, 4.69) is 10.0 Å². The maximum atomic E-state index is 12.5. The van der Waals surface area contributed by atoms with E-state index in [1.54, 1.807) is 12.1 Å². The Balaban J connectivity index is 1.58. The molecule has 1 amide bonds. The summed E-state index contributed by atoms with van der Waals surface area (Å²) in [5.74, 6) is -0.299. The van der Waals surface area contributed by atoms with Gasteiger partial charge in [-0.15, -0.1) is 0 Å². The first kappa shape index (κ1) is 19.5. The number of rotatable bonds is 8. The number of amides is 1. The molecule has 1 atom stereocenters. The Morgan fingerprint density at radius 3 is 2.67 bits per heavy atom. The third-order valence-corrected chi connectivity index (χ3v) is 5.93. The lowest BCUT2D eigenvalue weighted by atomic mass is 10.2. The van der Waals surface area contributed by atoms with Crippen molar-refractivity contribution in [1.82, 2.24) is 10.0 Å². The molecule has 2 aromatic carbocycles. The molecule has 6 nitrogen and oxygen atoms in total. The molecule has 1 aliphatic heterocycles. The Hall–Kier alpha value is -2.22. The van der Waals surface area contributed by atoms with Crippen molar-refractivity contribution in [3.8, 4) is 0 Å². The van der Waals surface area contributed by atoms with Gasteiger partial charge in [-0.2, -0.15) is 0 Å². The van der Waals surface area contributed by atoms with E-state index in [0.29, 0.717) is 25.1 Å². The van der Waals surface area contributed by atoms with Gasteiger partial charge < -0.3 is 10.1 Å². The van der Waals surface area contributed by atoms with E-state index in [1.165, 1.54) is 12.1 Å². The fourth-order valence-corrected chi connectivity index (χ4v) is 4.05. The normalized spacial score (nSPS) is 17.0. The number of carbonyl (C=O) groups is 1. The van der Waals surface area contributed by atoms with Crippen molar-refractivity contribution in [3.05, 3.63) is 65.7 Å². The van der Waals surface area contributed by atoms with Crippen molar-refractivity contribution in [2.45, 2.75) is 30.3 Å². The predicted octanol–water partition coefficient (Wildman–Crippen LogP) is 2.12. The molecule has 1 aliphatic rings. The van der Waals surface area contributed by atoms with Crippen molar-refractivity contribution >= 4 is 15.9 Å². The standard InChI is InChI=1S/C20H24N2O4S/c23-20(21-15-18-9-5-13-26-18)17-8-4-10-19(14-17)27(24,25)22-12-11-16-6-2-1-3-7-16/h1-4,6-8,10,14,18,22H,5,9,11-13,15H2,(H,21,23). The highest BCUT2D eigenvalue weighted by Gasteiger charge is 2.18. The van der Waals surface area contributed by atoms with Gasteiger partial charge in [-0.25, -0.2) is 13.1 Å². The highest BCUT2D eigenvalue weighted by Crippen LogP contribution is 2.13. The van der Waals surface area contributed by atoms with E-state index < -0.39 is 10.0 Å². The Morgan fingerprint density at radius 2 is 1.93 bits per heavy atom. The second kappa shape index (κ2) is 9.12. The minimum Gasteiger partial charge on any atom is -0.376 e. The van der Waals surface area contributed by atoms with E-state index >= 15 is 0 Å². The Kier molecular flexibility index (Phi) is 6.60. The molecule has 1 fully saturated rings. The molecule has 7 heteroatoms. The van der Waals surface area contributed by atoms with Gasteiger partial charge >= 0.3 is 0 Å². The maximum Gasteiger partial charge on any atom is 0.251 e. The van der Waals surface area contributed by atoms with Crippen LogP contribution in [0.15, 0.2) is 59.5 Å². The number of hydrogen-bond donors (Lipinski definition) is 2. The summed E-state index contributed by atoms with van der Waals surface area (Å²) in [7, 11) is -3.67. The molecular formula is C20H24N2O4S. The molecule has 3 rings (SSSR count). The van der Waals surface area contributed by atoms with Crippen molar-refractivity contribution in [1.29, 1.82) is 0 Å². The van der Waals surface area contributed by atoms with E-state index in [-0.39, 0.29) is 16.9 Å². The molecule has 0 spiro atoms. The van der Waals surface area contributed by atoms with Crippen molar-refractivity contribution in [3.63, 3.8) is 0 Å². The minimum atomic E-state index is -3.67. The van der Waals surface area contributed by atoms with Gasteiger partial charge in [0.2, 0.25) is 10.0 Å². The van der Waals surface area contributed by atoms with Gasteiger partial charge in [0, 0.05) is 25.3 Å². The zero-order chi connectivity index (χ0) is 19.1. The predicted molar refractivity (Wildman–Crippen MR) is 103 cm³/mol. The Labute approximate surface area is 160 Å². The number of benzene rings is 2. The van der Waals surface area contributed by atoms with Crippen LogP contribution < -0.4 is 10.0 Å². The van der Waals surface area contributed by atoms with Crippen LogP contribution >= 0.6 is 0 Å². The summed E-state index contributed by atoms with van der Waals surface area (Å²) < 4.78 is 33.1. The van der Waals surface area contributed by atoms with E-state index in [0.717, 1.165) is 25.0 Å². The summed E-state index contributed by atoms with van der Waals surface area (Å²) in [4.78, 5) is 12.4. The third-order valence-electron chi connectivity index (χ3n) is 4.47. The van der Waals surface area contributed by atoms with Crippen molar-refractivity contribution < 1.29 is 17.9 Å². The second-order valence-electron chi connectivity index (χ2n) is 6.51. The molecule has 27 heavy (non-hydrogen) atoms. The lowest BCUT2D eigenvalue weighted by Gasteiger charge is -2.12. The van der Waals surface area contributed by atoms with Crippen LogP contribution in [0.2, 0.25) is 0 Å². The molecule has 2 aromatic rings. The summed E-state index contributed by atoms with van der Waals surface area (Å²) in [6.45, 7) is 1.45. The first-order valence-corrected chi connectivity index (χ1v) is 10.6. The number of ether oxygens (including phenoxy) is 1. The van der Waals surface area contributed by atoms with Gasteiger partial charge in [0.25, 0.3) is 5.91 Å². The fourth-order valence-electron chi connectivity index (χ4n) is 2.98. The summed E-state index contributed by atoms with van der Waals surface area (Å²) in [6.07, 6.45) is 2.57. The van der Waals surface area contributed by atoms with Gasteiger partial charge in [0.05, 0.1) is 11.0 Å². The van der Waals surface area contributed by atoms with Crippen LogP contribution in [0.25, 0.3) is 0 Å². The van der Waals surface area contributed by atoms with Gasteiger partial charge in [-0.3, -0.25) is 4.79 Å². The van der Waals surface area contributed by atoms with Crippen LogP contribution in [-0.2, 0) is 21.2 Å². The lowest BCUT2D eigenvalue weighted by Crippen LogP contribution is -2.32. The Bertz CT molecular complexity index is 863. The first-order valence-electron chi connectivity index (χ1n) is 9.08. The average molecular weight is 388 g/mol. The topological polar surface area (TPSA) is 84.5 Å². The van der Waals surface area contributed by atoms with Crippen LogP contribution in [0.4, 0.5) is 0 Å². The second-order valence-corrected chi connectivity index (χ2v) is 8.27. The van der Waals surface area contributed by atoms with E-state index in [9.17, 15) is 13.2 Å². The molecule has 144 valence electrons. The molecule has 0 bridgehead atoms. The fraction of sp³-hybridized carbons (Fsp3) is 0.350. The van der Waals surface area contributed by atoms with E-state index in [4.69, 9.17) is 4.74 Å². The smallest absolute Gasteiger partial charge is 0.251 e. The van der Waals surface area contributed by atoms with Gasteiger partial charge in [0.1, 0.15) is 0 Å². The Morgan fingerprint density at radius 1 is 1.11 bits per heavy atom. The maximum absolute atomic E-state index is 12.5. The van der Waals surface area contributed by atoms with Crippen LogP contribution in [-0.4, -0.2) is 40.1 Å². The van der Waals surface area contributed by atoms with E-state index in [1.807, 2.05) is 30.3 Å². The molecule has 0 aliphatic carbocycles. The highest BCUT2D eigenvalue weighted by atomic mass is 32.2. The number of nitrogens with one attached hydrogen (secondary N) is 2. The van der Waals surface area contributed by atoms with Crippen LogP contribution in [0, 0.1) is 0 Å². The summed E-state index contributed by atoms with van der Waals surface area (Å²) >= 11 is 0. The van der Waals surface area contributed by atoms with Crippen molar-refractivity contribution in [2.24, 2.45) is 0 Å².